The molecule has 3 aromatic rings. The van der Waals surface area contributed by atoms with Crippen molar-refractivity contribution < 1.29 is 18.0 Å². The Morgan fingerprint density at radius 2 is 1.87 bits per heavy atom. The van der Waals surface area contributed by atoms with E-state index >= 15 is 0 Å². The number of halogens is 3. The Labute approximate surface area is 171 Å². The Kier molecular flexibility index (Phi) is 5.36. The molecule has 0 bridgehead atoms. The van der Waals surface area contributed by atoms with Gasteiger partial charge in [0.25, 0.3) is 0 Å². The first-order chi connectivity index (χ1) is 14.3. The highest BCUT2D eigenvalue weighted by atomic mass is 19.4. The lowest BCUT2D eigenvalue weighted by Gasteiger charge is -2.33. The van der Waals surface area contributed by atoms with Crippen LogP contribution in [0.2, 0.25) is 0 Å². The predicted molar refractivity (Wildman–Crippen MR) is 106 cm³/mol. The maximum atomic E-state index is 13.5. The molecule has 2 aromatic heterocycles. The first-order valence-electron chi connectivity index (χ1n) is 9.81. The number of amides is 2. The van der Waals surface area contributed by atoms with Crippen LogP contribution in [0.3, 0.4) is 0 Å². The monoisotopic (exact) mass is 417 g/mol. The first-order valence-corrected chi connectivity index (χ1v) is 9.81. The zero-order chi connectivity index (χ0) is 21.3. The van der Waals surface area contributed by atoms with Crippen molar-refractivity contribution in [3.63, 3.8) is 0 Å². The van der Waals surface area contributed by atoms with Crippen molar-refractivity contribution in [1.29, 1.82) is 0 Å². The number of fused-ring (bicyclic) bond motifs is 1. The fraction of sp³-hybridized carbons (Fsp3) is 0.381. The highest BCUT2D eigenvalue weighted by Gasteiger charge is 2.40. The molecule has 4 rings (SSSR count). The van der Waals surface area contributed by atoms with Gasteiger partial charge < -0.3 is 14.8 Å². The number of nitrogens with one attached hydrogen (secondary N) is 1. The number of urea groups is 1. The number of aromatic nitrogens is 3. The molecule has 30 heavy (non-hydrogen) atoms. The van der Waals surface area contributed by atoms with Crippen LogP contribution in [-0.4, -0.2) is 38.6 Å². The van der Waals surface area contributed by atoms with Gasteiger partial charge in [-0.05, 0) is 37.5 Å². The van der Waals surface area contributed by atoms with Gasteiger partial charge in [-0.2, -0.15) is 13.2 Å². The molecule has 1 fully saturated rings. The number of hydrogen-bond donors (Lipinski definition) is 1. The van der Waals surface area contributed by atoms with Crippen LogP contribution in [0.5, 0.6) is 0 Å². The Bertz CT molecular complexity index is 1040. The van der Waals surface area contributed by atoms with Crippen molar-refractivity contribution in [1.82, 2.24) is 24.8 Å². The van der Waals surface area contributed by atoms with E-state index in [1.165, 1.54) is 16.8 Å². The van der Waals surface area contributed by atoms with E-state index in [2.05, 4.69) is 15.3 Å². The number of likely N-dealkylation sites (tertiary alicyclic amines) is 1. The van der Waals surface area contributed by atoms with E-state index in [-0.39, 0.29) is 17.2 Å². The third-order valence-corrected chi connectivity index (χ3v) is 5.38. The van der Waals surface area contributed by atoms with Crippen LogP contribution in [0.4, 0.5) is 18.0 Å². The van der Waals surface area contributed by atoms with Crippen LogP contribution in [0.1, 0.15) is 35.8 Å². The van der Waals surface area contributed by atoms with Gasteiger partial charge in [0.15, 0.2) is 5.65 Å². The second-order valence-corrected chi connectivity index (χ2v) is 7.51. The molecule has 0 saturated carbocycles. The van der Waals surface area contributed by atoms with E-state index in [1.54, 1.807) is 11.0 Å². The number of pyridine rings is 1. The highest BCUT2D eigenvalue weighted by molar-refractivity contribution is 5.74. The molecule has 1 saturated heterocycles. The molecule has 6 nitrogen and oxygen atoms in total. The summed E-state index contributed by atoms with van der Waals surface area (Å²) >= 11 is 0. The fourth-order valence-corrected chi connectivity index (χ4v) is 3.80. The number of hydrogen-bond acceptors (Lipinski definition) is 3. The van der Waals surface area contributed by atoms with E-state index in [9.17, 15) is 18.0 Å². The number of aryl methyl sites for hydroxylation is 1. The van der Waals surface area contributed by atoms with Crippen molar-refractivity contribution in [3.8, 4) is 0 Å². The van der Waals surface area contributed by atoms with E-state index in [0.29, 0.717) is 32.5 Å². The summed E-state index contributed by atoms with van der Waals surface area (Å²) in [6.07, 6.45) is -2.29. The van der Waals surface area contributed by atoms with Crippen molar-refractivity contribution in [2.75, 3.05) is 13.1 Å². The van der Waals surface area contributed by atoms with E-state index in [0.717, 1.165) is 11.1 Å². The third kappa shape index (κ3) is 4.10. The van der Waals surface area contributed by atoms with Gasteiger partial charge in [-0.15, -0.1) is 0 Å². The summed E-state index contributed by atoms with van der Waals surface area (Å²) in [5.74, 6) is -0.932. The normalized spacial score (nSPS) is 15.5. The van der Waals surface area contributed by atoms with Crippen molar-refractivity contribution >= 4 is 17.2 Å². The average Bonchev–Trinajstić information content (AvgIpc) is 3.13. The number of piperidine rings is 1. The minimum absolute atomic E-state index is 0.210. The summed E-state index contributed by atoms with van der Waals surface area (Å²) in [6, 6.07) is 10.3. The largest absolute Gasteiger partial charge is 0.449 e. The lowest BCUT2D eigenvalue weighted by Crippen LogP contribution is -2.44. The van der Waals surface area contributed by atoms with Gasteiger partial charge >= 0.3 is 12.2 Å². The predicted octanol–water partition coefficient (Wildman–Crippen LogP) is 4.31. The van der Waals surface area contributed by atoms with Crippen molar-refractivity contribution in [2.45, 2.75) is 38.5 Å². The maximum absolute atomic E-state index is 13.5. The third-order valence-electron chi connectivity index (χ3n) is 5.38. The molecular formula is C21H22F3N5O. The molecule has 1 aromatic carbocycles. The SMILES string of the molecule is Cc1ccc(CNC(=O)N2CCC(n3c(C(F)(F)F)nc4cccnc43)CC2)cc1. The van der Waals surface area contributed by atoms with Crippen LogP contribution in [0, 0.1) is 6.92 Å². The lowest BCUT2D eigenvalue weighted by molar-refractivity contribution is -0.147. The average molecular weight is 417 g/mol. The maximum Gasteiger partial charge on any atom is 0.449 e. The zero-order valence-corrected chi connectivity index (χ0v) is 16.5. The van der Waals surface area contributed by atoms with Crippen molar-refractivity contribution in [2.24, 2.45) is 0 Å². The number of carbonyl (C=O) groups is 1. The first kappa shape index (κ1) is 20.2. The number of benzene rings is 1. The minimum atomic E-state index is -4.57. The van der Waals surface area contributed by atoms with Crippen LogP contribution in [0.15, 0.2) is 42.6 Å². The topological polar surface area (TPSA) is 63.1 Å². The summed E-state index contributed by atoms with van der Waals surface area (Å²) in [4.78, 5) is 22.0. The van der Waals surface area contributed by atoms with Crippen LogP contribution < -0.4 is 5.32 Å². The van der Waals surface area contributed by atoms with E-state index in [4.69, 9.17) is 0 Å². The number of carbonyl (C=O) groups excluding carboxylic acids is 1. The molecule has 9 heteroatoms. The summed E-state index contributed by atoms with van der Waals surface area (Å²) in [6.45, 7) is 3.14. The van der Waals surface area contributed by atoms with Gasteiger partial charge in [0.2, 0.25) is 5.82 Å². The molecule has 0 atom stereocenters. The molecule has 1 aliphatic heterocycles. The molecule has 0 unspecified atom stereocenters. The molecule has 0 spiro atoms. The van der Waals surface area contributed by atoms with Gasteiger partial charge in [0.05, 0.1) is 0 Å². The number of rotatable bonds is 3. The highest BCUT2D eigenvalue weighted by Crippen LogP contribution is 2.36. The Morgan fingerprint density at radius 1 is 1.17 bits per heavy atom. The van der Waals surface area contributed by atoms with Crippen LogP contribution in [0.25, 0.3) is 11.2 Å². The van der Waals surface area contributed by atoms with Gasteiger partial charge in [-0.3, -0.25) is 0 Å². The zero-order valence-electron chi connectivity index (χ0n) is 16.5. The van der Waals surface area contributed by atoms with Crippen molar-refractivity contribution in [3.05, 3.63) is 59.5 Å². The van der Waals surface area contributed by atoms with E-state index < -0.39 is 18.0 Å². The van der Waals surface area contributed by atoms with Gasteiger partial charge in [0.1, 0.15) is 5.52 Å². The van der Waals surface area contributed by atoms with Crippen LogP contribution in [-0.2, 0) is 12.7 Å². The molecule has 1 aliphatic rings. The smallest absolute Gasteiger partial charge is 0.334 e. The molecule has 2 amide bonds. The molecule has 158 valence electrons. The Hall–Kier alpha value is -3.10. The molecule has 0 aliphatic carbocycles. The second-order valence-electron chi connectivity index (χ2n) is 7.51. The Morgan fingerprint density at radius 3 is 2.53 bits per heavy atom. The summed E-state index contributed by atoms with van der Waals surface area (Å²) in [5, 5.41) is 2.88. The minimum Gasteiger partial charge on any atom is -0.334 e. The van der Waals surface area contributed by atoms with Gasteiger partial charge in [0, 0.05) is 31.9 Å². The second kappa shape index (κ2) is 7.97. The van der Waals surface area contributed by atoms with Crippen LogP contribution >= 0.6 is 0 Å². The molecular weight excluding hydrogens is 395 g/mol. The quantitative estimate of drug-likeness (QED) is 0.691. The van der Waals surface area contributed by atoms with Gasteiger partial charge in [-0.1, -0.05) is 29.8 Å². The number of imidazole rings is 1. The number of nitrogens with zero attached hydrogens (tertiary/aromatic N) is 4. The summed E-state index contributed by atoms with van der Waals surface area (Å²) in [7, 11) is 0. The number of alkyl halides is 3. The molecule has 0 radical (unpaired) electrons. The summed E-state index contributed by atoms with van der Waals surface area (Å²) < 4.78 is 41.8. The van der Waals surface area contributed by atoms with E-state index in [1.807, 2.05) is 31.2 Å². The molecule has 3 heterocycles. The lowest BCUT2D eigenvalue weighted by atomic mass is 10.0. The summed E-state index contributed by atoms with van der Waals surface area (Å²) in [5.41, 5.74) is 2.59. The fourth-order valence-electron chi connectivity index (χ4n) is 3.80. The molecule has 1 N–H and O–H groups in total. The Balaban J connectivity index is 1.43. The van der Waals surface area contributed by atoms with Gasteiger partial charge in [-0.25, -0.2) is 14.8 Å². The standard InChI is InChI=1S/C21H22F3N5O/c1-14-4-6-15(7-5-14)13-26-20(30)28-11-8-16(9-12-28)29-18-17(3-2-10-25-18)27-19(29)21(22,23)24/h2-7,10,16H,8-9,11-13H2,1H3,(H,26,30).